The second-order valence-corrected chi connectivity index (χ2v) is 9.06. The molecule has 1 aliphatic rings. The van der Waals surface area contributed by atoms with Gasteiger partial charge in [-0.25, -0.2) is 8.42 Å². The van der Waals surface area contributed by atoms with E-state index >= 15 is 0 Å². The van der Waals surface area contributed by atoms with Crippen molar-refractivity contribution in [1.29, 1.82) is 0 Å². The zero-order chi connectivity index (χ0) is 18.4. The van der Waals surface area contributed by atoms with Crippen LogP contribution in [-0.4, -0.2) is 32.7 Å². The Morgan fingerprint density at radius 3 is 2.36 bits per heavy atom. The van der Waals surface area contributed by atoms with Gasteiger partial charge in [-0.3, -0.25) is 9.10 Å². The summed E-state index contributed by atoms with van der Waals surface area (Å²) in [6, 6.07) is 5.84. The highest BCUT2D eigenvalue weighted by Crippen LogP contribution is 2.24. The predicted octanol–water partition coefficient (Wildman–Crippen LogP) is 3.72. The maximum Gasteiger partial charge on any atom is 0.243 e. The Kier molecular flexibility index (Phi) is 7.14. The fourth-order valence-corrected chi connectivity index (χ4v) is 4.70. The number of sulfonamides is 1. The van der Waals surface area contributed by atoms with Crippen molar-refractivity contribution in [2.24, 2.45) is 0 Å². The highest BCUT2D eigenvalue weighted by Gasteiger charge is 2.30. The lowest BCUT2D eigenvalue weighted by molar-refractivity contribution is -0.122. The van der Waals surface area contributed by atoms with Gasteiger partial charge in [-0.2, -0.15) is 0 Å². The standard InChI is InChI=1S/C18H27ClN2O3S/c1-14(18(22)20-16-10-6-4-3-5-7-11-16)21(25(2,23)24)17-12-8-9-15(19)13-17/h8-9,12-14,16H,3-7,10-11H2,1-2H3,(H,20,22)/t14-/m1/s1. The van der Waals surface area contributed by atoms with Crippen LogP contribution < -0.4 is 9.62 Å². The van der Waals surface area contributed by atoms with Crippen molar-refractivity contribution < 1.29 is 13.2 Å². The molecule has 1 N–H and O–H groups in total. The van der Waals surface area contributed by atoms with Crippen molar-refractivity contribution in [2.45, 2.75) is 64.0 Å². The van der Waals surface area contributed by atoms with E-state index in [-0.39, 0.29) is 11.9 Å². The predicted molar refractivity (Wildman–Crippen MR) is 102 cm³/mol. The molecular weight excluding hydrogens is 360 g/mol. The summed E-state index contributed by atoms with van der Waals surface area (Å²) in [5.41, 5.74) is 0.398. The fourth-order valence-electron chi connectivity index (χ4n) is 3.34. The first-order valence-electron chi connectivity index (χ1n) is 8.84. The molecular formula is C18H27ClN2O3S. The van der Waals surface area contributed by atoms with Crippen LogP contribution in [0.3, 0.4) is 0 Å². The lowest BCUT2D eigenvalue weighted by Gasteiger charge is -2.30. The van der Waals surface area contributed by atoms with Gasteiger partial charge in [-0.05, 0) is 38.0 Å². The molecule has 1 amide bonds. The van der Waals surface area contributed by atoms with E-state index in [0.29, 0.717) is 10.7 Å². The molecule has 0 unspecified atom stereocenters. The highest BCUT2D eigenvalue weighted by atomic mass is 35.5. The normalized spacial score (nSPS) is 18.0. The van der Waals surface area contributed by atoms with Crippen LogP contribution in [0.4, 0.5) is 5.69 Å². The first-order chi connectivity index (χ1) is 11.8. The minimum absolute atomic E-state index is 0.121. The Hall–Kier alpha value is -1.27. The summed E-state index contributed by atoms with van der Waals surface area (Å²) in [5, 5.41) is 3.47. The van der Waals surface area contributed by atoms with Gasteiger partial charge in [0.05, 0.1) is 11.9 Å². The van der Waals surface area contributed by atoms with Gasteiger partial charge in [-0.1, -0.05) is 49.8 Å². The lowest BCUT2D eigenvalue weighted by atomic mass is 9.96. The molecule has 0 radical (unpaired) electrons. The molecule has 1 aliphatic carbocycles. The summed E-state index contributed by atoms with van der Waals surface area (Å²) in [5.74, 6) is -0.268. The second-order valence-electron chi connectivity index (χ2n) is 6.77. The van der Waals surface area contributed by atoms with E-state index in [1.54, 1.807) is 31.2 Å². The molecule has 1 aromatic rings. The van der Waals surface area contributed by atoms with E-state index < -0.39 is 16.1 Å². The number of amides is 1. The number of carbonyl (C=O) groups is 1. The first kappa shape index (κ1) is 20.0. The van der Waals surface area contributed by atoms with E-state index in [1.165, 1.54) is 19.3 Å². The van der Waals surface area contributed by atoms with Crippen LogP contribution in [0.5, 0.6) is 0 Å². The van der Waals surface area contributed by atoms with Crippen LogP contribution in [0.2, 0.25) is 5.02 Å². The largest absolute Gasteiger partial charge is 0.352 e. The van der Waals surface area contributed by atoms with E-state index in [2.05, 4.69) is 5.32 Å². The number of carbonyl (C=O) groups excluding carboxylic acids is 1. The van der Waals surface area contributed by atoms with Crippen molar-refractivity contribution in [2.75, 3.05) is 10.6 Å². The summed E-state index contributed by atoms with van der Waals surface area (Å²) >= 11 is 5.99. The van der Waals surface area contributed by atoms with E-state index in [9.17, 15) is 13.2 Å². The van der Waals surface area contributed by atoms with Gasteiger partial charge in [0.2, 0.25) is 15.9 Å². The molecule has 1 aromatic carbocycles. The summed E-state index contributed by atoms with van der Waals surface area (Å²) in [6.45, 7) is 1.61. The van der Waals surface area contributed by atoms with Crippen LogP contribution in [0.1, 0.15) is 51.9 Å². The topological polar surface area (TPSA) is 66.5 Å². The van der Waals surface area contributed by atoms with Gasteiger partial charge >= 0.3 is 0 Å². The number of hydrogen-bond acceptors (Lipinski definition) is 3. The summed E-state index contributed by atoms with van der Waals surface area (Å²) in [6.07, 6.45) is 8.86. The maximum absolute atomic E-state index is 12.7. The first-order valence-corrected chi connectivity index (χ1v) is 11.1. The Bertz CT molecular complexity index is 685. The molecule has 0 heterocycles. The van der Waals surface area contributed by atoms with Crippen LogP contribution >= 0.6 is 11.6 Å². The number of nitrogens with zero attached hydrogens (tertiary/aromatic N) is 1. The van der Waals surface area contributed by atoms with Crippen LogP contribution in [0, 0.1) is 0 Å². The highest BCUT2D eigenvalue weighted by molar-refractivity contribution is 7.92. The van der Waals surface area contributed by atoms with Crippen LogP contribution in [0.15, 0.2) is 24.3 Å². The lowest BCUT2D eigenvalue weighted by Crippen LogP contribution is -2.50. The van der Waals surface area contributed by atoms with Crippen molar-refractivity contribution in [3.63, 3.8) is 0 Å². The van der Waals surface area contributed by atoms with Crippen molar-refractivity contribution in [1.82, 2.24) is 5.32 Å². The third-order valence-electron chi connectivity index (χ3n) is 4.60. The Labute approximate surface area is 155 Å². The van der Waals surface area contributed by atoms with Gasteiger partial charge in [0, 0.05) is 11.1 Å². The molecule has 7 heteroatoms. The minimum Gasteiger partial charge on any atom is -0.352 e. The quantitative estimate of drug-likeness (QED) is 0.838. The summed E-state index contributed by atoms with van der Waals surface area (Å²) < 4.78 is 25.7. The molecule has 1 fully saturated rings. The van der Waals surface area contributed by atoms with E-state index in [0.717, 1.165) is 36.2 Å². The number of halogens is 1. The zero-order valence-corrected chi connectivity index (χ0v) is 16.4. The molecule has 0 aliphatic heterocycles. The number of benzene rings is 1. The molecule has 0 aromatic heterocycles. The Morgan fingerprint density at radius 2 is 1.80 bits per heavy atom. The number of nitrogens with one attached hydrogen (secondary N) is 1. The van der Waals surface area contributed by atoms with Crippen molar-refractivity contribution in [3.05, 3.63) is 29.3 Å². The fraction of sp³-hybridized carbons (Fsp3) is 0.611. The molecule has 0 spiro atoms. The molecule has 140 valence electrons. The Morgan fingerprint density at radius 1 is 1.20 bits per heavy atom. The van der Waals surface area contributed by atoms with Gasteiger partial charge in [0.25, 0.3) is 0 Å². The Balaban J connectivity index is 2.15. The smallest absolute Gasteiger partial charge is 0.243 e. The monoisotopic (exact) mass is 386 g/mol. The average molecular weight is 387 g/mol. The van der Waals surface area contributed by atoms with E-state index in [4.69, 9.17) is 11.6 Å². The van der Waals surface area contributed by atoms with Gasteiger partial charge in [0.15, 0.2) is 0 Å². The third-order valence-corrected chi connectivity index (χ3v) is 6.08. The number of hydrogen-bond donors (Lipinski definition) is 1. The van der Waals surface area contributed by atoms with Gasteiger partial charge in [0.1, 0.15) is 6.04 Å². The number of anilines is 1. The average Bonchev–Trinajstić information content (AvgIpc) is 2.48. The van der Waals surface area contributed by atoms with Gasteiger partial charge in [-0.15, -0.1) is 0 Å². The molecule has 0 saturated heterocycles. The molecule has 25 heavy (non-hydrogen) atoms. The molecule has 0 bridgehead atoms. The van der Waals surface area contributed by atoms with Crippen LogP contribution in [0.25, 0.3) is 0 Å². The molecule has 2 rings (SSSR count). The second kappa shape index (κ2) is 8.90. The van der Waals surface area contributed by atoms with Crippen molar-refractivity contribution >= 4 is 33.2 Å². The van der Waals surface area contributed by atoms with Crippen molar-refractivity contribution in [3.8, 4) is 0 Å². The molecule has 5 nitrogen and oxygen atoms in total. The SMILES string of the molecule is C[C@H](C(=O)NC1CCCCCCC1)N(c1cccc(Cl)c1)S(C)(=O)=O. The molecule has 1 atom stereocenters. The molecule has 1 saturated carbocycles. The summed E-state index contributed by atoms with van der Waals surface area (Å²) in [4.78, 5) is 12.7. The van der Waals surface area contributed by atoms with E-state index in [1.807, 2.05) is 0 Å². The minimum atomic E-state index is -3.62. The third kappa shape index (κ3) is 5.89. The van der Waals surface area contributed by atoms with Crippen LogP contribution in [-0.2, 0) is 14.8 Å². The zero-order valence-electron chi connectivity index (χ0n) is 14.9. The summed E-state index contributed by atoms with van der Waals surface area (Å²) in [7, 11) is -3.62. The van der Waals surface area contributed by atoms with Gasteiger partial charge < -0.3 is 5.32 Å². The number of rotatable bonds is 5. The maximum atomic E-state index is 12.7.